The van der Waals surface area contributed by atoms with Gasteiger partial charge in [0, 0.05) is 12.1 Å². The Kier molecular flexibility index (Phi) is 8.04. The molecule has 0 fully saturated rings. The van der Waals surface area contributed by atoms with Gasteiger partial charge in [-0.2, -0.15) is 0 Å². The van der Waals surface area contributed by atoms with E-state index >= 15 is 0 Å². The SMILES string of the molecule is CCC(C)CCNC(C)(C)CCOC(C)C. The second-order valence-electron chi connectivity index (χ2n) is 5.78. The molecule has 0 bridgehead atoms. The Morgan fingerprint density at radius 1 is 1.19 bits per heavy atom. The molecule has 16 heavy (non-hydrogen) atoms. The summed E-state index contributed by atoms with van der Waals surface area (Å²) in [5.74, 6) is 0.829. The Morgan fingerprint density at radius 2 is 1.81 bits per heavy atom. The van der Waals surface area contributed by atoms with Crippen molar-refractivity contribution >= 4 is 0 Å². The molecular weight excluding hydrogens is 198 g/mol. The average molecular weight is 229 g/mol. The highest BCUT2D eigenvalue weighted by Crippen LogP contribution is 2.11. The summed E-state index contributed by atoms with van der Waals surface area (Å²) in [7, 11) is 0. The molecule has 2 heteroatoms. The Labute approximate surface area is 102 Å². The van der Waals surface area contributed by atoms with Crippen LogP contribution in [0.25, 0.3) is 0 Å². The van der Waals surface area contributed by atoms with Crippen molar-refractivity contribution in [2.75, 3.05) is 13.2 Å². The molecule has 0 aliphatic heterocycles. The average Bonchev–Trinajstić information content (AvgIpc) is 2.16. The minimum absolute atomic E-state index is 0.197. The third-order valence-electron chi connectivity index (χ3n) is 3.12. The van der Waals surface area contributed by atoms with Gasteiger partial charge in [-0.05, 0) is 53.0 Å². The predicted octanol–water partition coefficient (Wildman–Crippen LogP) is 3.61. The quantitative estimate of drug-likeness (QED) is 0.652. The maximum absolute atomic E-state index is 5.59. The van der Waals surface area contributed by atoms with Crippen LogP contribution in [0.4, 0.5) is 0 Å². The van der Waals surface area contributed by atoms with Gasteiger partial charge < -0.3 is 10.1 Å². The standard InChI is InChI=1S/C14H31NO/c1-7-13(4)8-10-15-14(5,6)9-11-16-12(2)3/h12-13,15H,7-11H2,1-6H3. The van der Waals surface area contributed by atoms with Crippen LogP contribution in [0.3, 0.4) is 0 Å². The highest BCUT2D eigenvalue weighted by Gasteiger charge is 2.16. The molecule has 0 heterocycles. The van der Waals surface area contributed by atoms with E-state index in [1.165, 1.54) is 12.8 Å². The largest absolute Gasteiger partial charge is 0.379 e. The molecule has 2 nitrogen and oxygen atoms in total. The van der Waals surface area contributed by atoms with E-state index in [-0.39, 0.29) is 5.54 Å². The van der Waals surface area contributed by atoms with Crippen molar-refractivity contribution in [3.8, 4) is 0 Å². The molecule has 0 aromatic rings. The number of nitrogens with one attached hydrogen (secondary N) is 1. The summed E-state index contributed by atoms with van der Waals surface area (Å²) in [6.07, 6.45) is 3.96. The van der Waals surface area contributed by atoms with Gasteiger partial charge in [0.25, 0.3) is 0 Å². The molecule has 0 aliphatic rings. The fourth-order valence-electron chi connectivity index (χ4n) is 1.50. The van der Waals surface area contributed by atoms with Crippen molar-refractivity contribution in [1.82, 2.24) is 5.32 Å². The lowest BCUT2D eigenvalue weighted by Crippen LogP contribution is -2.41. The zero-order chi connectivity index (χ0) is 12.6. The van der Waals surface area contributed by atoms with E-state index in [4.69, 9.17) is 4.74 Å². The van der Waals surface area contributed by atoms with Gasteiger partial charge in [-0.3, -0.25) is 0 Å². The van der Waals surface area contributed by atoms with E-state index in [1.807, 2.05) is 0 Å². The summed E-state index contributed by atoms with van der Waals surface area (Å²) in [6, 6.07) is 0. The number of hydrogen-bond acceptors (Lipinski definition) is 2. The minimum atomic E-state index is 0.197. The fourth-order valence-corrected chi connectivity index (χ4v) is 1.50. The molecule has 0 spiro atoms. The van der Waals surface area contributed by atoms with Gasteiger partial charge in [-0.25, -0.2) is 0 Å². The van der Waals surface area contributed by atoms with Crippen molar-refractivity contribution in [3.63, 3.8) is 0 Å². The molecular formula is C14H31NO. The van der Waals surface area contributed by atoms with E-state index in [1.54, 1.807) is 0 Å². The van der Waals surface area contributed by atoms with Crippen molar-refractivity contribution in [3.05, 3.63) is 0 Å². The summed E-state index contributed by atoms with van der Waals surface area (Å²) in [4.78, 5) is 0. The second kappa shape index (κ2) is 8.08. The predicted molar refractivity (Wildman–Crippen MR) is 71.9 cm³/mol. The molecule has 1 N–H and O–H groups in total. The first-order valence-electron chi connectivity index (χ1n) is 6.74. The van der Waals surface area contributed by atoms with Crippen LogP contribution in [0.15, 0.2) is 0 Å². The van der Waals surface area contributed by atoms with Gasteiger partial charge in [-0.15, -0.1) is 0 Å². The first-order valence-corrected chi connectivity index (χ1v) is 6.74. The topological polar surface area (TPSA) is 21.3 Å². The second-order valence-corrected chi connectivity index (χ2v) is 5.78. The lowest BCUT2D eigenvalue weighted by Gasteiger charge is -2.27. The lowest BCUT2D eigenvalue weighted by atomic mass is 9.99. The molecule has 0 saturated heterocycles. The molecule has 0 aromatic heterocycles. The summed E-state index contributed by atoms with van der Waals surface area (Å²) < 4.78 is 5.59. The van der Waals surface area contributed by atoms with Gasteiger partial charge in [0.1, 0.15) is 0 Å². The third-order valence-corrected chi connectivity index (χ3v) is 3.12. The van der Waals surface area contributed by atoms with Crippen LogP contribution in [0.1, 0.15) is 60.8 Å². The van der Waals surface area contributed by atoms with Crippen molar-refractivity contribution in [1.29, 1.82) is 0 Å². The van der Waals surface area contributed by atoms with Gasteiger partial charge in [-0.1, -0.05) is 20.3 Å². The fraction of sp³-hybridized carbons (Fsp3) is 1.00. The molecule has 0 aliphatic carbocycles. The first kappa shape index (κ1) is 15.9. The van der Waals surface area contributed by atoms with Crippen LogP contribution in [-0.4, -0.2) is 24.8 Å². The minimum Gasteiger partial charge on any atom is -0.379 e. The van der Waals surface area contributed by atoms with Gasteiger partial charge in [0.2, 0.25) is 0 Å². The smallest absolute Gasteiger partial charge is 0.0518 e. The van der Waals surface area contributed by atoms with Crippen LogP contribution in [0, 0.1) is 5.92 Å². The summed E-state index contributed by atoms with van der Waals surface area (Å²) in [5, 5.41) is 3.62. The summed E-state index contributed by atoms with van der Waals surface area (Å²) in [5.41, 5.74) is 0.197. The van der Waals surface area contributed by atoms with E-state index in [0.717, 1.165) is 25.5 Å². The molecule has 0 saturated carbocycles. The zero-order valence-electron chi connectivity index (χ0n) is 12.1. The van der Waals surface area contributed by atoms with E-state index < -0.39 is 0 Å². The van der Waals surface area contributed by atoms with Crippen LogP contribution in [-0.2, 0) is 4.74 Å². The molecule has 0 radical (unpaired) electrons. The number of ether oxygens (including phenoxy) is 1. The molecule has 1 atom stereocenters. The molecule has 0 amide bonds. The highest BCUT2D eigenvalue weighted by atomic mass is 16.5. The lowest BCUT2D eigenvalue weighted by molar-refractivity contribution is 0.0638. The number of rotatable bonds is 9. The maximum Gasteiger partial charge on any atom is 0.0518 e. The molecule has 0 aromatic carbocycles. The molecule has 98 valence electrons. The van der Waals surface area contributed by atoms with E-state index in [9.17, 15) is 0 Å². The highest BCUT2D eigenvalue weighted by molar-refractivity contribution is 4.77. The number of hydrogen-bond donors (Lipinski definition) is 1. The van der Waals surface area contributed by atoms with Crippen molar-refractivity contribution < 1.29 is 4.74 Å². The molecule has 0 rings (SSSR count). The van der Waals surface area contributed by atoms with Gasteiger partial charge in [0.05, 0.1) is 6.10 Å². The van der Waals surface area contributed by atoms with Crippen molar-refractivity contribution in [2.45, 2.75) is 72.4 Å². The summed E-state index contributed by atoms with van der Waals surface area (Å²) in [6.45, 7) is 15.2. The monoisotopic (exact) mass is 229 g/mol. The van der Waals surface area contributed by atoms with Crippen molar-refractivity contribution in [2.24, 2.45) is 5.92 Å². The Balaban J connectivity index is 3.61. The van der Waals surface area contributed by atoms with Crippen LogP contribution in [0.2, 0.25) is 0 Å². The van der Waals surface area contributed by atoms with Gasteiger partial charge in [0.15, 0.2) is 0 Å². The normalized spacial score (nSPS) is 14.4. The third kappa shape index (κ3) is 9.17. The maximum atomic E-state index is 5.59. The van der Waals surface area contributed by atoms with Crippen LogP contribution in [0.5, 0.6) is 0 Å². The Bertz CT molecular complexity index is 166. The first-order chi connectivity index (χ1) is 7.37. The van der Waals surface area contributed by atoms with Crippen LogP contribution < -0.4 is 5.32 Å². The molecule has 1 unspecified atom stereocenters. The van der Waals surface area contributed by atoms with E-state index in [2.05, 4.69) is 46.9 Å². The van der Waals surface area contributed by atoms with Crippen LogP contribution >= 0.6 is 0 Å². The Morgan fingerprint density at radius 3 is 2.31 bits per heavy atom. The Hall–Kier alpha value is -0.0800. The zero-order valence-corrected chi connectivity index (χ0v) is 12.1. The summed E-state index contributed by atoms with van der Waals surface area (Å²) >= 11 is 0. The van der Waals surface area contributed by atoms with E-state index in [0.29, 0.717) is 6.10 Å². The van der Waals surface area contributed by atoms with Gasteiger partial charge >= 0.3 is 0 Å².